The van der Waals surface area contributed by atoms with Crippen LogP contribution < -0.4 is 9.47 Å². The maximum absolute atomic E-state index is 5.63. The number of nitrogens with zero attached hydrogens (tertiary/aromatic N) is 4. The molecule has 0 spiro atoms. The number of aromatic nitrogens is 4. The summed E-state index contributed by atoms with van der Waals surface area (Å²) in [4.78, 5) is 13.4. The van der Waals surface area contributed by atoms with E-state index in [4.69, 9.17) is 14.0 Å². The molecule has 0 atom stereocenters. The molecule has 0 fully saturated rings. The second kappa shape index (κ2) is 7.03. The Morgan fingerprint density at radius 1 is 1.00 bits per heavy atom. The number of rotatable bonds is 5. The van der Waals surface area contributed by atoms with E-state index in [0.29, 0.717) is 35.6 Å². The average molecular weight is 362 g/mol. The van der Waals surface area contributed by atoms with Gasteiger partial charge in [0.2, 0.25) is 17.6 Å². The Morgan fingerprint density at radius 3 is 2.67 bits per heavy atom. The quantitative estimate of drug-likeness (QED) is 0.529. The van der Waals surface area contributed by atoms with Gasteiger partial charge in [-0.15, -0.1) is 0 Å². The molecule has 4 aromatic rings. The number of aryl methyl sites for hydroxylation is 1. The standard InChI is InChI=1S/C20H18N4O3/c1-4-26-19-14(10-9-12(2)21-19)20-23-18(24-27-20)15-11-17(25-3)22-16-8-6-5-7-13(15)16/h5-11H,4H2,1-3H3. The van der Waals surface area contributed by atoms with Crippen LogP contribution >= 0.6 is 0 Å². The monoisotopic (exact) mass is 362 g/mol. The van der Waals surface area contributed by atoms with Gasteiger partial charge in [-0.3, -0.25) is 0 Å². The highest BCUT2D eigenvalue weighted by molar-refractivity contribution is 5.93. The zero-order valence-corrected chi connectivity index (χ0v) is 15.3. The Hall–Kier alpha value is -3.48. The predicted octanol–water partition coefficient (Wildman–Crippen LogP) is 4.06. The summed E-state index contributed by atoms with van der Waals surface area (Å²) in [6.07, 6.45) is 0. The first-order chi connectivity index (χ1) is 13.2. The minimum atomic E-state index is 0.348. The SMILES string of the molecule is CCOc1nc(C)ccc1-c1nc(-c2cc(OC)nc3ccccc23)no1. The molecule has 0 bridgehead atoms. The molecule has 0 aliphatic heterocycles. The van der Waals surface area contributed by atoms with E-state index in [1.54, 1.807) is 13.2 Å². The van der Waals surface area contributed by atoms with Crippen molar-refractivity contribution in [2.75, 3.05) is 13.7 Å². The number of fused-ring (bicyclic) bond motifs is 1. The first-order valence-electron chi connectivity index (χ1n) is 8.58. The van der Waals surface area contributed by atoms with Gasteiger partial charge in [0.05, 0.1) is 19.2 Å². The van der Waals surface area contributed by atoms with Gasteiger partial charge in [0.1, 0.15) is 5.56 Å². The van der Waals surface area contributed by atoms with Gasteiger partial charge in [-0.1, -0.05) is 23.4 Å². The molecule has 0 aliphatic rings. The van der Waals surface area contributed by atoms with Gasteiger partial charge in [-0.25, -0.2) is 9.97 Å². The molecule has 0 aliphatic carbocycles. The molecule has 3 heterocycles. The molecule has 136 valence electrons. The number of pyridine rings is 2. The highest BCUT2D eigenvalue weighted by Crippen LogP contribution is 2.32. The normalized spacial score (nSPS) is 10.9. The smallest absolute Gasteiger partial charge is 0.263 e. The highest BCUT2D eigenvalue weighted by Gasteiger charge is 2.18. The topological polar surface area (TPSA) is 83.2 Å². The van der Waals surface area contributed by atoms with Crippen molar-refractivity contribution in [3.05, 3.63) is 48.2 Å². The third kappa shape index (κ3) is 3.19. The molecule has 0 radical (unpaired) electrons. The second-order valence-corrected chi connectivity index (χ2v) is 5.89. The molecule has 4 rings (SSSR count). The van der Waals surface area contributed by atoms with Crippen LogP contribution in [0.5, 0.6) is 11.8 Å². The largest absolute Gasteiger partial charge is 0.481 e. The number of ether oxygens (including phenoxy) is 2. The summed E-state index contributed by atoms with van der Waals surface area (Å²) >= 11 is 0. The van der Waals surface area contributed by atoms with Gasteiger partial charge < -0.3 is 14.0 Å². The lowest BCUT2D eigenvalue weighted by Crippen LogP contribution is -1.98. The van der Waals surface area contributed by atoms with Crippen molar-refractivity contribution in [2.45, 2.75) is 13.8 Å². The fourth-order valence-electron chi connectivity index (χ4n) is 2.83. The third-order valence-electron chi connectivity index (χ3n) is 4.08. The van der Waals surface area contributed by atoms with Crippen LogP contribution in [0.4, 0.5) is 0 Å². The molecule has 1 aromatic carbocycles. The Morgan fingerprint density at radius 2 is 1.85 bits per heavy atom. The summed E-state index contributed by atoms with van der Waals surface area (Å²) in [6, 6.07) is 13.3. The fraction of sp³-hybridized carbons (Fsp3) is 0.200. The molecular weight excluding hydrogens is 344 g/mol. The molecule has 7 heteroatoms. The molecule has 0 saturated carbocycles. The number of benzene rings is 1. The van der Waals surface area contributed by atoms with Gasteiger partial charge in [0, 0.05) is 22.7 Å². The maximum Gasteiger partial charge on any atom is 0.263 e. The predicted molar refractivity (Wildman–Crippen MR) is 101 cm³/mol. The Balaban J connectivity index is 1.84. The first kappa shape index (κ1) is 17.0. The van der Waals surface area contributed by atoms with Crippen molar-refractivity contribution < 1.29 is 14.0 Å². The van der Waals surface area contributed by atoms with Crippen LogP contribution in [-0.2, 0) is 0 Å². The number of methoxy groups -OCH3 is 1. The second-order valence-electron chi connectivity index (χ2n) is 5.89. The van der Waals surface area contributed by atoms with E-state index in [1.165, 1.54) is 0 Å². The molecule has 0 N–H and O–H groups in total. The van der Waals surface area contributed by atoms with E-state index in [0.717, 1.165) is 22.2 Å². The zero-order valence-electron chi connectivity index (χ0n) is 15.3. The van der Waals surface area contributed by atoms with Gasteiger partial charge >= 0.3 is 0 Å². The number of hydrogen-bond donors (Lipinski definition) is 0. The van der Waals surface area contributed by atoms with Crippen LogP contribution in [0.1, 0.15) is 12.6 Å². The lowest BCUT2D eigenvalue weighted by Gasteiger charge is -2.06. The summed E-state index contributed by atoms with van der Waals surface area (Å²) in [7, 11) is 1.58. The number of para-hydroxylation sites is 1. The van der Waals surface area contributed by atoms with Crippen molar-refractivity contribution in [3.8, 4) is 34.6 Å². The average Bonchev–Trinajstić information content (AvgIpc) is 3.17. The lowest BCUT2D eigenvalue weighted by atomic mass is 10.1. The van der Waals surface area contributed by atoms with Crippen LogP contribution in [0.2, 0.25) is 0 Å². The lowest BCUT2D eigenvalue weighted by molar-refractivity contribution is 0.325. The van der Waals surface area contributed by atoms with Crippen molar-refractivity contribution in [1.29, 1.82) is 0 Å². The van der Waals surface area contributed by atoms with Crippen molar-refractivity contribution >= 4 is 10.9 Å². The molecule has 0 unspecified atom stereocenters. The maximum atomic E-state index is 5.63. The van der Waals surface area contributed by atoms with E-state index in [2.05, 4.69) is 20.1 Å². The van der Waals surface area contributed by atoms with E-state index < -0.39 is 0 Å². The summed E-state index contributed by atoms with van der Waals surface area (Å²) < 4.78 is 16.4. The molecule has 0 amide bonds. The summed E-state index contributed by atoms with van der Waals surface area (Å²) in [5, 5.41) is 5.07. The highest BCUT2D eigenvalue weighted by atomic mass is 16.5. The number of hydrogen-bond acceptors (Lipinski definition) is 7. The third-order valence-corrected chi connectivity index (χ3v) is 4.08. The minimum Gasteiger partial charge on any atom is -0.481 e. The molecule has 0 saturated heterocycles. The molecule has 7 nitrogen and oxygen atoms in total. The minimum absolute atomic E-state index is 0.348. The first-order valence-corrected chi connectivity index (χ1v) is 8.58. The zero-order chi connectivity index (χ0) is 18.8. The molecule has 3 aromatic heterocycles. The summed E-state index contributed by atoms with van der Waals surface area (Å²) in [6.45, 7) is 4.31. The van der Waals surface area contributed by atoms with Crippen LogP contribution in [0.3, 0.4) is 0 Å². The van der Waals surface area contributed by atoms with Crippen LogP contribution in [0.15, 0.2) is 47.0 Å². The van der Waals surface area contributed by atoms with Crippen LogP contribution in [0, 0.1) is 6.92 Å². The van der Waals surface area contributed by atoms with Crippen molar-refractivity contribution in [2.24, 2.45) is 0 Å². The fourth-order valence-corrected chi connectivity index (χ4v) is 2.83. The van der Waals surface area contributed by atoms with Crippen LogP contribution in [-0.4, -0.2) is 33.8 Å². The summed E-state index contributed by atoms with van der Waals surface area (Å²) in [5.74, 6) is 1.76. The van der Waals surface area contributed by atoms with Gasteiger partial charge in [0.15, 0.2) is 0 Å². The Kier molecular flexibility index (Phi) is 4.42. The molecule has 27 heavy (non-hydrogen) atoms. The van der Waals surface area contributed by atoms with E-state index in [9.17, 15) is 0 Å². The van der Waals surface area contributed by atoms with Gasteiger partial charge in [0.25, 0.3) is 5.89 Å². The van der Waals surface area contributed by atoms with Gasteiger partial charge in [-0.2, -0.15) is 4.98 Å². The Bertz CT molecular complexity index is 1110. The molecular formula is C20H18N4O3. The van der Waals surface area contributed by atoms with E-state index >= 15 is 0 Å². The summed E-state index contributed by atoms with van der Waals surface area (Å²) in [5.41, 5.74) is 3.09. The van der Waals surface area contributed by atoms with Crippen molar-refractivity contribution in [1.82, 2.24) is 20.1 Å². The van der Waals surface area contributed by atoms with Crippen LogP contribution in [0.25, 0.3) is 33.7 Å². The van der Waals surface area contributed by atoms with Crippen molar-refractivity contribution in [3.63, 3.8) is 0 Å². The van der Waals surface area contributed by atoms with Gasteiger partial charge in [-0.05, 0) is 32.0 Å². The van der Waals surface area contributed by atoms with E-state index in [1.807, 2.05) is 50.2 Å². The van der Waals surface area contributed by atoms with E-state index in [-0.39, 0.29) is 0 Å². The Labute approximate surface area is 156 Å².